The fraction of sp³-hybridized carbons (Fsp3) is 0. The lowest BCUT2D eigenvalue weighted by molar-refractivity contribution is 0.669. The third-order valence-corrected chi connectivity index (χ3v) is 9.14. The van der Waals surface area contributed by atoms with Gasteiger partial charge < -0.3 is 8.98 Å². The molecule has 0 radical (unpaired) electrons. The zero-order chi connectivity index (χ0) is 25.5. The summed E-state index contributed by atoms with van der Waals surface area (Å²) in [5.41, 5.74) is 7.96. The maximum Gasteiger partial charge on any atom is 0.136 e. The van der Waals surface area contributed by atoms with Crippen LogP contribution in [0.2, 0.25) is 0 Å². The Morgan fingerprint density at radius 2 is 1.21 bits per heavy atom. The number of hydrogen-bond donors (Lipinski definition) is 0. The van der Waals surface area contributed by atoms with Gasteiger partial charge >= 0.3 is 0 Å². The molecular weight excluding hydrogens is 494 g/mol. The molecule has 0 spiro atoms. The van der Waals surface area contributed by atoms with E-state index in [1.54, 1.807) is 0 Å². The van der Waals surface area contributed by atoms with Gasteiger partial charge in [0.15, 0.2) is 0 Å². The average molecular weight is 516 g/mol. The third-order valence-electron chi connectivity index (χ3n) is 7.96. The molecule has 3 heteroatoms. The minimum atomic E-state index is 0.927. The molecule has 3 aromatic heterocycles. The van der Waals surface area contributed by atoms with Crippen LogP contribution in [0.5, 0.6) is 0 Å². The van der Waals surface area contributed by atoms with E-state index in [0.717, 1.165) is 16.6 Å². The molecule has 39 heavy (non-hydrogen) atoms. The van der Waals surface area contributed by atoms with Crippen LogP contribution in [0, 0.1) is 0 Å². The normalized spacial score (nSPS) is 12.1. The lowest BCUT2D eigenvalue weighted by atomic mass is 10.0. The molecule has 0 bridgehead atoms. The molecule has 0 aliphatic carbocycles. The molecule has 0 saturated carbocycles. The van der Waals surface area contributed by atoms with Crippen LogP contribution in [0.4, 0.5) is 0 Å². The second-order valence-corrected chi connectivity index (χ2v) is 11.2. The van der Waals surface area contributed by atoms with E-state index in [4.69, 9.17) is 4.42 Å². The number of benzene rings is 6. The van der Waals surface area contributed by atoms with Crippen molar-refractivity contribution in [3.8, 4) is 16.8 Å². The first-order valence-corrected chi connectivity index (χ1v) is 14.0. The lowest BCUT2D eigenvalue weighted by Gasteiger charge is -2.08. The van der Waals surface area contributed by atoms with Crippen LogP contribution in [0.1, 0.15) is 0 Å². The first-order valence-electron chi connectivity index (χ1n) is 13.2. The number of para-hydroxylation sites is 2. The first kappa shape index (κ1) is 21.1. The molecule has 0 N–H and O–H groups in total. The van der Waals surface area contributed by atoms with Gasteiger partial charge in [0.1, 0.15) is 11.2 Å². The van der Waals surface area contributed by atoms with Gasteiger partial charge in [-0.05, 0) is 70.4 Å². The summed E-state index contributed by atoms with van der Waals surface area (Å²) in [7, 11) is 0. The van der Waals surface area contributed by atoms with E-state index in [2.05, 4.69) is 132 Å². The van der Waals surface area contributed by atoms with E-state index >= 15 is 0 Å². The molecule has 6 aromatic carbocycles. The molecule has 0 atom stereocenters. The van der Waals surface area contributed by atoms with Gasteiger partial charge in [-0.25, -0.2) is 0 Å². The third kappa shape index (κ3) is 3.02. The number of nitrogens with zero attached hydrogens (tertiary/aromatic N) is 1. The number of rotatable bonds is 2. The van der Waals surface area contributed by atoms with Gasteiger partial charge in [-0.1, -0.05) is 78.9 Å². The van der Waals surface area contributed by atoms with Crippen molar-refractivity contribution in [3.05, 3.63) is 127 Å². The van der Waals surface area contributed by atoms with Crippen LogP contribution < -0.4 is 0 Å². The van der Waals surface area contributed by atoms with E-state index in [1.165, 1.54) is 64.2 Å². The number of fused-ring (bicyclic) bond motifs is 9. The molecule has 9 rings (SSSR count). The van der Waals surface area contributed by atoms with Crippen LogP contribution in [-0.4, -0.2) is 4.57 Å². The van der Waals surface area contributed by atoms with E-state index in [0.29, 0.717) is 0 Å². The fourth-order valence-corrected chi connectivity index (χ4v) is 7.40. The van der Waals surface area contributed by atoms with Crippen molar-refractivity contribution in [1.29, 1.82) is 0 Å². The van der Waals surface area contributed by atoms with Crippen molar-refractivity contribution in [2.45, 2.75) is 0 Å². The first-order chi connectivity index (χ1) is 19.3. The van der Waals surface area contributed by atoms with Crippen LogP contribution in [0.25, 0.3) is 80.7 Å². The lowest BCUT2D eigenvalue weighted by Crippen LogP contribution is -1.92. The summed E-state index contributed by atoms with van der Waals surface area (Å²) in [4.78, 5) is 0. The predicted molar refractivity (Wildman–Crippen MR) is 166 cm³/mol. The summed E-state index contributed by atoms with van der Waals surface area (Å²) in [6.07, 6.45) is 0. The highest BCUT2D eigenvalue weighted by Crippen LogP contribution is 2.43. The zero-order valence-corrected chi connectivity index (χ0v) is 21.7. The van der Waals surface area contributed by atoms with E-state index in [1.807, 2.05) is 11.3 Å². The molecule has 0 amide bonds. The van der Waals surface area contributed by atoms with Crippen molar-refractivity contribution in [3.63, 3.8) is 0 Å². The minimum absolute atomic E-state index is 0.927. The standard InChI is InChI=1S/C36H21NOS/c1-2-10-26(11-3-1)37-31-13-7-6-12-28(31)36-35(37)29-17-15-25(21-34(29)39-36)24-14-16-27-30-18-22-8-4-5-9-23(22)19-33(30)38-32(27)20-24/h1-21H. The second-order valence-electron chi connectivity index (χ2n) is 10.2. The summed E-state index contributed by atoms with van der Waals surface area (Å²) in [6.45, 7) is 0. The topological polar surface area (TPSA) is 18.1 Å². The van der Waals surface area contributed by atoms with E-state index in [-0.39, 0.29) is 0 Å². The molecule has 0 saturated heterocycles. The Morgan fingerprint density at radius 1 is 0.513 bits per heavy atom. The Hall–Kier alpha value is -4.86. The largest absolute Gasteiger partial charge is 0.456 e. The Bertz CT molecular complexity index is 2390. The van der Waals surface area contributed by atoms with Gasteiger partial charge in [0, 0.05) is 31.9 Å². The van der Waals surface area contributed by atoms with Crippen molar-refractivity contribution < 1.29 is 4.42 Å². The molecule has 0 unspecified atom stereocenters. The average Bonchev–Trinajstić information content (AvgIpc) is 3.64. The number of thiophene rings is 1. The smallest absolute Gasteiger partial charge is 0.136 e. The van der Waals surface area contributed by atoms with Gasteiger partial charge in [0.25, 0.3) is 0 Å². The van der Waals surface area contributed by atoms with Crippen molar-refractivity contribution in [2.75, 3.05) is 0 Å². The van der Waals surface area contributed by atoms with Gasteiger partial charge in [-0.2, -0.15) is 0 Å². The summed E-state index contributed by atoms with van der Waals surface area (Å²) >= 11 is 1.88. The molecule has 0 aliphatic heterocycles. The molecule has 182 valence electrons. The Labute approximate surface area is 227 Å². The van der Waals surface area contributed by atoms with Gasteiger partial charge in [-0.15, -0.1) is 11.3 Å². The van der Waals surface area contributed by atoms with Crippen LogP contribution in [0.3, 0.4) is 0 Å². The molecule has 0 fully saturated rings. The van der Waals surface area contributed by atoms with Crippen LogP contribution >= 0.6 is 11.3 Å². The zero-order valence-electron chi connectivity index (χ0n) is 20.9. The molecule has 2 nitrogen and oxygen atoms in total. The highest BCUT2D eigenvalue weighted by Gasteiger charge is 2.18. The second kappa shape index (κ2) is 7.83. The quantitative estimate of drug-likeness (QED) is 0.224. The Morgan fingerprint density at radius 3 is 2.08 bits per heavy atom. The summed E-state index contributed by atoms with van der Waals surface area (Å²) in [6, 6.07) is 45.7. The minimum Gasteiger partial charge on any atom is -0.456 e. The Kier molecular flexibility index (Phi) is 4.24. The molecule has 3 heterocycles. The molecule has 9 aromatic rings. The number of furan rings is 1. The highest BCUT2D eigenvalue weighted by molar-refractivity contribution is 7.26. The monoisotopic (exact) mass is 515 g/mol. The molecular formula is C36H21NOS. The van der Waals surface area contributed by atoms with Crippen LogP contribution in [0.15, 0.2) is 132 Å². The van der Waals surface area contributed by atoms with E-state index < -0.39 is 0 Å². The fourth-order valence-electron chi connectivity index (χ4n) is 6.14. The van der Waals surface area contributed by atoms with Crippen molar-refractivity contribution in [2.24, 2.45) is 0 Å². The van der Waals surface area contributed by atoms with E-state index in [9.17, 15) is 0 Å². The van der Waals surface area contributed by atoms with Gasteiger partial charge in [-0.3, -0.25) is 0 Å². The molecule has 0 aliphatic rings. The number of aromatic nitrogens is 1. The Balaban J connectivity index is 1.24. The van der Waals surface area contributed by atoms with Crippen LogP contribution in [-0.2, 0) is 0 Å². The summed E-state index contributed by atoms with van der Waals surface area (Å²) < 4.78 is 11.4. The maximum atomic E-state index is 6.36. The van der Waals surface area contributed by atoms with Crippen molar-refractivity contribution in [1.82, 2.24) is 4.57 Å². The number of hydrogen-bond acceptors (Lipinski definition) is 2. The maximum absolute atomic E-state index is 6.36. The highest BCUT2D eigenvalue weighted by atomic mass is 32.1. The summed E-state index contributed by atoms with van der Waals surface area (Å²) in [5, 5.41) is 7.35. The van der Waals surface area contributed by atoms with Gasteiger partial charge in [0.05, 0.1) is 15.7 Å². The summed E-state index contributed by atoms with van der Waals surface area (Å²) in [5.74, 6) is 0. The predicted octanol–water partition coefficient (Wildman–Crippen LogP) is 10.7. The SMILES string of the molecule is c1ccc(-n2c3ccccc3c3sc4cc(-c5ccc6c(c5)oc5cc7ccccc7cc56)ccc4c32)cc1. The van der Waals surface area contributed by atoms with Gasteiger partial charge in [0.2, 0.25) is 0 Å². The van der Waals surface area contributed by atoms with Crippen molar-refractivity contribution >= 4 is 75.3 Å².